The first-order valence-electron chi connectivity index (χ1n) is 5.66. The molecule has 0 aliphatic heterocycles. The Hall–Kier alpha value is -1.19. The molecule has 2 rings (SSSR count). The maximum atomic E-state index is 13.9. The van der Waals surface area contributed by atoms with Crippen molar-refractivity contribution in [1.82, 2.24) is 0 Å². The van der Waals surface area contributed by atoms with Gasteiger partial charge >= 0.3 is 0 Å². The highest BCUT2D eigenvalue weighted by atomic mass is 79.9. The third-order valence-corrected chi connectivity index (χ3v) is 4.09. The molecular weight excluding hydrogens is 331 g/mol. The first-order valence-corrected chi connectivity index (χ1v) is 6.83. The minimum atomic E-state index is -0.581. The van der Waals surface area contributed by atoms with E-state index in [1.807, 2.05) is 26.0 Å². The van der Waals surface area contributed by atoms with Crippen molar-refractivity contribution in [2.45, 2.75) is 13.8 Å². The second-order valence-electron chi connectivity index (χ2n) is 4.39. The number of hydrogen-bond donors (Lipinski definition) is 0. The van der Waals surface area contributed by atoms with E-state index >= 15 is 0 Å². The van der Waals surface area contributed by atoms with Crippen LogP contribution in [0, 0.1) is 19.7 Å². The third-order valence-electron chi connectivity index (χ3n) is 2.89. The van der Waals surface area contributed by atoms with E-state index in [4.69, 9.17) is 11.6 Å². The van der Waals surface area contributed by atoms with Crippen molar-refractivity contribution in [1.29, 1.82) is 0 Å². The monoisotopic (exact) mass is 340 g/mol. The Morgan fingerprint density at radius 2 is 1.84 bits per heavy atom. The molecule has 19 heavy (non-hydrogen) atoms. The van der Waals surface area contributed by atoms with Crippen molar-refractivity contribution in [3.63, 3.8) is 0 Å². The van der Waals surface area contributed by atoms with Gasteiger partial charge in [-0.05, 0) is 53.5 Å². The number of ketones is 1. The molecule has 98 valence electrons. The summed E-state index contributed by atoms with van der Waals surface area (Å²) < 4.78 is 14.3. The van der Waals surface area contributed by atoms with E-state index in [9.17, 15) is 9.18 Å². The van der Waals surface area contributed by atoms with E-state index < -0.39 is 5.82 Å². The zero-order chi connectivity index (χ0) is 14.2. The molecule has 1 nitrogen and oxygen atoms in total. The molecular formula is C15H11BrClFO. The van der Waals surface area contributed by atoms with E-state index in [1.165, 1.54) is 12.1 Å². The molecule has 4 heteroatoms. The predicted molar refractivity (Wildman–Crippen MR) is 78.5 cm³/mol. The average Bonchev–Trinajstić information content (AvgIpc) is 2.36. The molecule has 0 saturated carbocycles. The number of rotatable bonds is 2. The fourth-order valence-corrected chi connectivity index (χ4v) is 2.30. The number of halogens is 3. The van der Waals surface area contributed by atoms with Crippen molar-refractivity contribution in [3.8, 4) is 0 Å². The Labute approximate surface area is 124 Å². The number of benzene rings is 2. The normalized spacial score (nSPS) is 10.6. The number of aryl methyl sites for hydroxylation is 2. The molecule has 0 spiro atoms. The number of hydrogen-bond acceptors (Lipinski definition) is 1. The van der Waals surface area contributed by atoms with E-state index in [1.54, 1.807) is 6.07 Å². The second kappa shape index (κ2) is 5.43. The fourth-order valence-electron chi connectivity index (χ4n) is 1.82. The zero-order valence-electron chi connectivity index (χ0n) is 10.4. The molecule has 0 bridgehead atoms. The van der Waals surface area contributed by atoms with Crippen LogP contribution in [-0.4, -0.2) is 5.78 Å². The highest BCUT2D eigenvalue weighted by Gasteiger charge is 2.18. The van der Waals surface area contributed by atoms with Gasteiger partial charge in [0.05, 0.1) is 10.6 Å². The summed E-state index contributed by atoms with van der Waals surface area (Å²) in [6.45, 7) is 3.71. The largest absolute Gasteiger partial charge is 0.288 e. The highest BCUT2D eigenvalue weighted by molar-refractivity contribution is 9.10. The first-order chi connectivity index (χ1) is 8.90. The van der Waals surface area contributed by atoms with E-state index in [0.717, 1.165) is 11.1 Å². The Kier molecular flexibility index (Phi) is 4.07. The zero-order valence-corrected chi connectivity index (χ0v) is 12.8. The van der Waals surface area contributed by atoms with E-state index in [2.05, 4.69) is 15.9 Å². The molecule has 0 unspecified atom stereocenters. The fraction of sp³-hybridized carbons (Fsp3) is 0.133. The molecule has 0 amide bonds. The van der Waals surface area contributed by atoms with Gasteiger partial charge in [-0.1, -0.05) is 29.3 Å². The van der Waals surface area contributed by atoms with Crippen LogP contribution in [0.2, 0.25) is 5.02 Å². The molecule has 2 aromatic rings. The molecule has 2 aromatic carbocycles. The molecule has 0 aliphatic carbocycles. The van der Waals surface area contributed by atoms with Gasteiger partial charge in [0.15, 0.2) is 5.78 Å². The van der Waals surface area contributed by atoms with Gasteiger partial charge in [0.2, 0.25) is 0 Å². The summed E-state index contributed by atoms with van der Waals surface area (Å²) in [7, 11) is 0. The summed E-state index contributed by atoms with van der Waals surface area (Å²) >= 11 is 9.05. The van der Waals surface area contributed by atoms with Crippen LogP contribution < -0.4 is 0 Å². The quantitative estimate of drug-likeness (QED) is 0.549. The summed E-state index contributed by atoms with van der Waals surface area (Å²) in [5.41, 5.74) is 2.26. The van der Waals surface area contributed by atoms with Gasteiger partial charge in [-0.15, -0.1) is 0 Å². The van der Waals surface area contributed by atoms with Gasteiger partial charge in [0.25, 0.3) is 0 Å². The average molecular weight is 342 g/mol. The van der Waals surface area contributed by atoms with Gasteiger partial charge in [-0.25, -0.2) is 4.39 Å². The van der Waals surface area contributed by atoms with Gasteiger partial charge < -0.3 is 0 Å². The summed E-state index contributed by atoms with van der Waals surface area (Å²) in [6, 6.07) is 8.08. The van der Waals surface area contributed by atoms with E-state index in [-0.39, 0.29) is 11.3 Å². The maximum absolute atomic E-state index is 13.9. The molecule has 0 N–H and O–H groups in total. The maximum Gasteiger partial charge on any atom is 0.196 e. The summed E-state index contributed by atoms with van der Waals surface area (Å²) in [4.78, 5) is 12.4. The molecule has 0 heterocycles. The number of carbonyl (C=O) groups is 1. The molecule has 0 aromatic heterocycles. The Morgan fingerprint density at radius 1 is 1.16 bits per heavy atom. The van der Waals surface area contributed by atoms with Gasteiger partial charge in [-0.2, -0.15) is 0 Å². The van der Waals surface area contributed by atoms with Gasteiger partial charge in [0.1, 0.15) is 5.82 Å². The van der Waals surface area contributed by atoms with Crippen molar-refractivity contribution < 1.29 is 9.18 Å². The minimum Gasteiger partial charge on any atom is -0.288 e. The molecule has 0 aliphatic rings. The second-order valence-corrected chi connectivity index (χ2v) is 5.66. The van der Waals surface area contributed by atoms with Crippen molar-refractivity contribution in [2.75, 3.05) is 0 Å². The van der Waals surface area contributed by atoms with Crippen molar-refractivity contribution >= 4 is 33.3 Å². The lowest BCUT2D eigenvalue weighted by Gasteiger charge is -2.08. The Bertz CT molecular complexity index is 667. The van der Waals surface area contributed by atoms with Gasteiger partial charge in [0, 0.05) is 10.0 Å². The predicted octanol–water partition coefficient (Wildman–Crippen LogP) is 5.09. The van der Waals surface area contributed by atoms with Gasteiger partial charge in [-0.3, -0.25) is 4.79 Å². The molecule has 0 fully saturated rings. The lowest BCUT2D eigenvalue weighted by atomic mass is 9.97. The summed E-state index contributed by atoms with van der Waals surface area (Å²) in [5.74, 6) is -0.935. The lowest BCUT2D eigenvalue weighted by Crippen LogP contribution is -2.07. The molecule has 0 atom stereocenters. The highest BCUT2D eigenvalue weighted by Crippen LogP contribution is 2.27. The van der Waals surface area contributed by atoms with Crippen LogP contribution in [0.3, 0.4) is 0 Å². The van der Waals surface area contributed by atoms with Crippen LogP contribution in [0.25, 0.3) is 0 Å². The Balaban J connectivity index is 2.56. The SMILES string of the molecule is Cc1ccc(C)c(C(=O)c2cc(Cl)c(Br)cc2F)c1. The van der Waals surface area contributed by atoms with Crippen molar-refractivity contribution in [3.05, 3.63) is 67.9 Å². The van der Waals surface area contributed by atoms with Crippen LogP contribution in [0.1, 0.15) is 27.0 Å². The van der Waals surface area contributed by atoms with Crippen LogP contribution in [-0.2, 0) is 0 Å². The van der Waals surface area contributed by atoms with Crippen molar-refractivity contribution in [2.24, 2.45) is 0 Å². The lowest BCUT2D eigenvalue weighted by molar-refractivity contribution is 0.103. The standard InChI is InChI=1S/C15H11BrClFO/c1-8-3-4-9(2)10(5-8)15(19)11-6-13(17)12(16)7-14(11)18/h3-7H,1-2H3. The third kappa shape index (κ3) is 2.88. The van der Waals surface area contributed by atoms with Crippen LogP contribution in [0.4, 0.5) is 4.39 Å². The molecule has 0 radical (unpaired) electrons. The smallest absolute Gasteiger partial charge is 0.196 e. The minimum absolute atomic E-state index is 0.0121. The van der Waals surface area contributed by atoms with Crippen LogP contribution >= 0.6 is 27.5 Å². The summed E-state index contributed by atoms with van der Waals surface area (Å²) in [5, 5.41) is 0.315. The number of carbonyl (C=O) groups excluding carboxylic acids is 1. The van der Waals surface area contributed by atoms with E-state index in [0.29, 0.717) is 15.1 Å². The topological polar surface area (TPSA) is 17.1 Å². The summed E-state index contributed by atoms with van der Waals surface area (Å²) in [6.07, 6.45) is 0. The van der Waals surface area contributed by atoms with Crippen LogP contribution in [0.15, 0.2) is 34.8 Å². The Morgan fingerprint density at radius 3 is 2.53 bits per heavy atom. The molecule has 0 saturated heterocycles. The first kappa shape index (κ1) is 14.2. The van der Waals surface area contributed by atoms with Crippen LogP contribution in [0.5, 0.6) is 0 Å².